The standard InChI is InChI=1S/C14H18N4O2/c1-3-8-20-14-12(6-5-7-13(14)19-4-2)9-17-18-10-15-16-11-18/h3,5-7,10-11,17H,1,4,8-9H2,2H3. The lowest BCUT2D eigenvalue weighted by atomic mass is 10.2. The van der Waals surface area contributed by atoms with E-state index in [0.29, 0.717) is 19.8 Å². The Bertz CT molecular complexity index is 540. The van der Waals surface area contributed by atoms with Crippen molar-refractivity contribution in [1.29, 1.82) is 0 Å². The molecule has 1 N–H and O–H groups in total. The van der Waals surface area contributed by atoms with Crippen LogP contribution in [0.2, 0.25) is 0 Å². The molecule has 1 aromatic heterocycles. The molecule has 0 radical (unpaired) electrons. The number of hydrogen-bond donors (Lipinski definition) is 1. The predicted octanol–water partition coefficient (Wildman–Crippen LogP) is 1.99. The van der Waals surface area contributed by atoms with Crippen LogP contribution in [-0.4, -0.2) is 28.1 Å². The smallest absolute Gasteiger partial charge is 0.166 e. The highest BCUT2D eigenvalue weighted by atomic mass is 16.5. The summed E-state index contributed by atoms with van der Waals surface area (Å²) in [6, 6.07) is 5.82. The molecule has 2 aromatic rings. The van der Waals surface area contributed by atoms with Gasteiger partial charge in [-0.2, -0.15) is 0 Å². The van der Waals surface area contributed by atoms with Crippen molar-refractivity contribution >= 4 is 0 Å². The third-order valence-corrected chi connectivity index (χ3v) is 2.58. The van der Waals surface area contributed by atoms with Gasteiger partial charge in [-0.05, 0) is 13.0 Å². The summed E-state index contributed by atoms with van der Waals surface area (Å²) in [7, 11) is 0. The van der Waals surface area contributed by atoms with Crippen molar-refractivity contribution in [3.05, 3.63) is 49.1 Å². The first-order chi connectivity index (χ1) is 9.85. The molecular weight excluding hydrogens is 256 g/mol. The molecule has 1 heterocycles. The molecule has 0 bridgehead atoms. The van der Waals surface area contributed by atoms with Crippen LogP contribution < -0.4 is 14.9 Å². The van der Waals surface area contributed by atoms with Gasteiger partial charge in [0.1, 0.15) is 19.3 Å². The zero-order valence-corrected chi connectivity index (χ0v) is 11.5. The van der Waals surface area contributed by atoms with Crippen molar-refractivity contribution in [3.8, 4) is 11.5 Å². The van der Waals surface area contributed by atoms with Crippen LogP contribution in [0.3, 0.4) is 0 Å². The summed E-state index contributed by atoms with van der Waals surface area (Å²) < 4.78 is 13.0. The van der Waals surface area contributed by atoms with Crippen molar-refractivity contribution in [2.45, 2.75) is 13.5 Å². The molecule has 0 saturated heterocycles. The highest BCUT2D eigenvalue weighted by Crippen LogP contribution is 2.31. The van der Waals surface area contributed by atoms with Gasteiger partial charge >= 0.3 is 0 Å². The van der Waals surface area contributed by atoms with Crippen molar-refractivity contribution in [3.63, 3.8) is 0 Å². The molecule has 2 rings (SSSR count). The molecule has 20 heavy (non-hydrogen) atoms. The van der Waals surface area contributed by atoms with Gasteiger partial charge in [-0.25, -0.2) is 4.68 Å². The second-order valence-electron chi connectivity index (χ2n) is 3.98. The molecule has 0 saturated carbocycles. The molecular formula is C14H18N4O2. The van der Waals surface area contributed by atoms with E-state index in [1.807, 2.05) is 25.1 Å². The number of ether oxygens (including phenoxy) is 2. The molecule has 0 aliphatic carbocycles. The Labute approximate surface area is 118 Å². The van der Waals surface area contributed by atoms with E-state index < -0.39 is 0 Å². The third-order valence-electron chi connectivity index (χ3n) is 2.58. The number of hydrogen-bond acceptors (Lipinski definition) is 5. The molecule has 6 heteroatoms. The zero-order chi connectivity index (χ0) is 14.2. The number of aromatic nitrogens is 3. The summed E-state index contributed by atoms with van der Waals surface area (Å²) >= 11 is 0. The van der Waals surface area contributed by atoms with E-state index in [9.17, 15) is 0 Å². The lowest BCUT2D eigenvalue weighted by Gasteiger charge is -2.15. The van der Waals surface area contributed by atoms with Crippen LogP contribution in [0.25, 0.3) is 0 Å². The zero-order valence-electron chi connectivity index (χ0n) is 11.5. The highest BCUT2D eigenvalue weighted by Gasteiger charge is 2.10. The number of benzene rings is 1. The van der Waals surface area contributed by atoms with E-state index in [1.54, 1.807) is 23.4 Å². The maximum absolute atomic E-state index is 5.72. The Balaban J connectivity index is 2.16. The SMILES string of the molecule is C=CCOc1c(CNn2cnnc2)cccc1OCC. The first-order valence-electron chi connectivity index (χ1n) is 6.42. The van der Waals surface area contributed by atoms with E-state index in [4.69, 9.17) is 9.47 Å². The summed E-state index contributed by atoms with van der Waals surface area (Å²) in [6.45, 7) is 7.21. The molecule has 0 aliphatic heterocycles. The molecule has 0 aliphatic rings. The minimum absolute atomic E-state index is 0.434. The Kier molecular flexibility index (Phi) is 5.00. The normalized spacial score (nSPS) is 10.1. The summed E-state index contributed by atoms with van der Waals surface area (Å²) in [5.74, 6) is 1.47. The van der Waals surface area contributed by atoms with Gasteiger partial charge in [-0.1, -0.05) is 24.8 Å². The van der Waals surface area contributed by atoms with E-state index in [0.717, 1.165) is 17.1 Å². The van der Waals surface area contributed by atoms with Gasteiger partial charge in [0.25, 0.3) is 0 Å². The largest absolute Gasteiger partial charge is 0.490 e. The maximum Gasteiger partial charge on any atom is 0.166 e. The molecule has 1 aromatic carbocycles. The van der Waals surface area contributed by atoms with Crippen molar-refractivity contribution in [2.75, 3.05) is 18.6 Å². The van der Waals surface area contributed by atoms with Crippen molar-refractivity contribution < 1.29 is 9.47 Å². The fraction of sp³-hybridized carbons (Fsp3) is 0.286. The molecule has 0 unspecified atom stereocenters. The highest BCUT2D eigenvalue weighted by molar-refractivity contribution is 5.47. The minimum atomic E-state index is 0.434. The predicted molar refractivity (Wildman–Crippen MR) is 76.4 cm³/mol. The number of para-hydroxylation sites is 1. The van der Waals surface area contributed by atoms with E-state index in [-0.39, 0.29) is 0 Å². The van der Waals surface area contributed by atoms with Crippen LogP contribution >= 0.6 is 0 Å². The lowest BCUT2D eigenvalue weighted by Crippen LogP contribution is -2.13. The molecule has 0 fully saturated rings. The molecule has 0 spiro atoms. The summed E-state index contributed by atoms with van der Waals surface area (Å²) in [5.41, 5.74) is 4.15. The average molecular weight is 274 g/mol. The van der Waals surface area contributed by atoms with Crippen molar-refractivity contribution in [1.82, 2.24) is 14.9 Å². The first-order valence-corrected chi connectivity index (χ1v) is 6.42. The summed E-state index contributed by atoms with van der Waals surface area (Å²) in [5, 5.41) is 7.47. The Morgan fingerprint density at radius 1 is 1.30 bits per heavy atom. The van der Waals surface area contributed by atoms with Crippen LogP contribution in [0.4, 0.5) is 0 Å². The van der Waals surface area contributed by atoms with Crippen LogP contribution in [0.5, 0.6) is 11.5 Å². The topological polar surface area (TPSA) is 61.2 Å². The fourth-order valence-corrected chi connectivity index (χ4v) is 1.73. The quantitative estimate of drug-likeness (QED) is 0.746. The van der Waals surface area contributed by atoms with Gasteiger partial charge in [0, 0.05) is 5.56 Å². The first kappa shape index (κ1) is 13.9. The lowest BCUT2D eigenvalue weighted by molar-refractivity contribution is 0.294. The molecule has 0 atom stereocenters. The summed E-state index contributed by atoms with van der Waals surface area (Å²) in [4.78, 5) is 0. The maximum atomic E-state index is 5.72. The number of nitrogens with zero attached hydrogens (tertiary/aromatic N) is 3. The Morgan fingerprint density at radius 3 is 2.80 bits per heavy atom. The van der Waals surface area contributed by atoms with E-state index in [1.165, 1.54) is 0 Å². The Hall–Kier alpha value is -2.50. The number of rotatable bonds is 8. The van der Waals surface area contributed by atoms with Crippen LogP contribution in [-0.2, 0) is 6.54 Å². The number of nitrogens with one attached hydrogen (secondary N) is 1. The van der Waals surface area contributed by atoms with Crippen molar-refractivity contribution in [2.24, 2.45) is 0 Å². The molecule has 0 amide bonds. The van der Waals surface area contributed by atoms with Crippen LogP contribution in [0.1, 0.15) is 12.5 Å². The molecule has 6 nitrogen and oxygen atoms in total. The van der Waals surface area contributed by atoms with Crippen LogP contribution in [0.15, 0.2) is 43.5 Å². The monoisotopic (exact) mass is 274 g/mol. The molecule has 106 valence electrons. The van der Waals surface area contributed by atoms with Gasteiger partial charge in [0.05, 0.1) is 13.2 Å². The second-order valence-corrected chi connectivity index (χ2v) is 3.98. The third kappa shape index (κ3) is 3.50. The van der Waals surface area contributed by atoms with Gasteiger partial charge in [0.2, 0.25) is 0 Å². The second kappa shape index (κ2) is 7.18. The average Bonchev–Trinajstić information content (AvgIpc) is 2.97. The van der Waals surface area contributed by atoms with Gasteiger partial charge < -0.3 is 14.9 Å². The van der Waals surface area contributed by atoms with E-state index >= 15 is 0 Å². The van der Waals surface area contributed by atoms with Gasteiger partial charge in [-0.3, -0.25) is 0 Å². The van der Waals surface area contributed by atoms with E-state index in [2.05, 4.69) is 22.2 Å². The van der Waals surface area contributed by atoms with Gasteiger partial charge in [-0.15, -0.1) is 10.2 Å². The minimum Gasteiger partial charge on any atom is -0.490 e. The van der Waals surface area contributed by atoms with Gasteiger partial charge in [0.15, 0.2) is 11.5 Å². The summed E-state index contributed by atoms with van der Waals surface area (Å²) in [6.07, 6.45) is 4.90. The Morgan fingerprint density at radius 2 is 2.10 bits per heavy atom. The fourth-order valence-electron chi connectivity index (χ4n) is 1.73. The van der Waals surface area contributed by atoms with Crippen LogP contribution in [0, 0.1) is 0 Å².